The van der Waals surface area contributed by atoms with Crippen molar-refractivity contribution in [1.82, 2.24) is 0 Å². The van der Waals surface area contributed by atoms with Crippen LogP contribution in [0.1, 0.15) is 24.5 Å². The van der Waals surface area contributed by atoms with Gasteiger partial charge in [-0.1, -0.05) is 24.3 Å². The van der Waals surface area contributed by atoms with Crippen molar-refractivity contribution >= 4 is 17.7 Å². The topological polar surface area (TPSA) is 134 Å². The van der Waals surface area contributed by atoms with E-state index in [1.165, 1.54) is 33.5 Å². The van der Waals surface area contributed by atoms with Crippen molar-refractivity contribution in [3.63, 3.8) is 0 Å². The van der Waals surface area contributed by atoms with Crippen LogP contribution in [0.15, 0.2) is 54.6 Å². The van der Waals surface area contributed by atoms with E-state index in [0.717, 1.165) is 5.56 Å². The number of nitro groups is 1. The Labute approximate surface area is 250 Å². The number of hydrogen-bond donors (Lipinski definition) is 0. The average Bonchev–Trinajstić information content (AvgIpc) is 3.03. The van der Waals surface area contributed by atoms with Crippen LogP contribution in [0, 0.1) is 10.1 Å². The van der Waals surface area contributed by atoms with Gasteiger partial charge in [0.05, 0.1) is 72.2 Å². The molecule has 0 fully saturated rings. The fraction of sp³-hybridized carbons (Fsp3) is 0.323. The van der Waals surface area contributed by atoms with Crippen LogP contribution < -0.4 is 33.2 Å². The first kappa shape index (κ1) is 34.1. The maximum atomic E-state index is 11.6. The van der Waals surface area contributed by atoms with Crippen LogP contribution >= 0.6 is 0 Å². The Morgan fingerprint density at radius 1 is 0.767 bits per heavy atom. The largest absolute Gasteiger partial charge is 0.493 e. The summed E-state index contributed by atoms with van der Waals surface area (Å²) in [7, 11) is 8.98. The number of methoxy groups -OCH3 is 6. The molecule has 3 rings (SSSR count). The van der Waals surface area contributed by atoms with Crippen molar-refractivity contribution in [2.24, 2.45) is 0 Å². The van der Waals surface area contributed by atoms with E-state index in [9.17, 15) is 14.9 Å². The summed E-state index contributed by atoms with van der Waals surface area (Å²) >= 11 is 0. The van der Waals surface area contributed by atoms with Crippen LogP contribution in [-0.4, -0.2) is 60.2 Å². The maximum absolute atomic E-state index is 11.6. The van der Waals surface area contributed by atoms with Crippen LogP contribution in [-0.2, 0) is 16.1 Å². The van der Waals surface area contributed by atoms with Crippen molar-refractivity contribution in [2.45, 2.75) is 20.0 Å². The second kappa shape index (κ2) is 17.6. The molecule has 0 N–H and O–H groups in total. The third kappa shape index (κ3) is 9.73. The van der Waals surface area contributed by atoms with Gasteiger partial charge in [-0.2, -0.15) is 0 Å². The molecule has 0 saturated heterocycles. The van der Waals surface area contributed by atoms with Gasteiger partial charge in [-0.15, -0.1) is 0 Å². The predicted octanol–water partition coefficient (Wildman–Crippen LogP) is 5.88. The lowest BCUT2D eigenvalue weighted by molar-refractivity contribution is -0.385. The van der Waals surface area contributed by atoms with Gasteiger partial charge in [0.2, 0.25) is 5.75 Å². The third-order valence-corrected chi connectivity index (χ3v) is 5.87. The van der Waals surface area contributed by atoms with Gasteiger partial charge in [0, 0.05) is 0 Å². The molecule has 0 aromatic heterocycles. The number of allylic oxidation sites excluding steroid dienone is 1. The SMILES string of the molecule is C/C=C/c1ccc(OC)c(OCc2cc(OC)c(OCCC(=O)OC)cc2[N+](=O)[O-])c1.COc1cccc(OC)c1OC. The lowest BCUT2D eigenvalue weighted by Gasteiger charge is -2.14. The molecular weight excluding hydrogens is 562 g/mol. The van der Waals surface area contributed by atoms with Gasteiger partial charge in [0.1, 0.15) is 6.61 Å². The Hall–Kier alpha value is -5.13. The Morgan fingerprint density at radius 3 is 1.93 bits per heavy atom. The number of ether oxygens (including phenoxy) is 8. The Balaban J connectivity index is 0.000000448. The lowest BCUT2D eigenvalue weighted by atomic mass is 10.1. The van der Waals surface area contributed by atoms with Crippen LogP contribution in [0.5, 0.6) is 40.2 Å². The number of para-hydroxylation sites is 1. The summed E-state index contributed by atoms with van der Waals surface area (Å²) in [4.78, 5) is 22.3. The van der Waals surface area contributed by atoms with Crippen molar-refractivity contribution in [1.29, 1.82) is 0 Å². The van der Waals surface area contributed by atoms with E-state index >= 15 is 0 Å². The molecule has 3 aromatic rings. The van der Waals surface area contributed by atoms with E-state index in [1.807, 2.05) is 43.3 Å². The molecular formula is C31H37NO11. The minimum atomic E-state index is -0.529. The first-order chi connectivity index (χ1) is 20.8. The van der Waals surface area contributed by atoms with Gasteiger partial charge in [-0.05, 0) is 42.8 Å². The monoisotopic (exact) mass is 599 g/mol. The number of hydrogen-bond acceptors (Lipinski definition) is 11. The Morgan fingerprint density at radius 2 is 1.40 bits per heavy atom. The van der Waals surface area contributed by atoms with Crippen molar-refractivity contribution in [3.8, 4) is 40.2 Å². The summed E-state index contributed by atoms with van der Waals surface area (Å²) in [6, 6.07) is 13.6. The number of carbonyl (C=O) groups is 1. The minimum Gasteiger partial charge on any atom is -0.493 e. The normalized spacial score (nSPS) is 10.2. The molecule has 0 saturated carbocycles. The zero-order chi connectivity index (χ0) is 31.8. The van der Waals surface area contributed by atoms with Gasteiger partial charge in [-0.3, -0.25) is 14.9 Å². The highest BCUT2D eigenvalue weighted by Crippen LogP contribution is 2.37. The summed E-state index contributed by atoms with van der Waals surface area (Å²) in [6.07, 6.45) is 3.79. The zero-order valence-corrected chi connectivity index (χ0v) is 25.3. The molecule has 0 aliphatic heterocycles. The fourth-order valence-electron chi connectivity index (χ4n) is 3.77. The van der Waals surface area contributed by atoms with Crippen LogP contribution in [0.3, 0.4) is 0 Å². The summed E-state index contributed by atoms with van der Waals surface area (Å²) in [5, 5.41) is 11.6. The molecule has 232 valence electrons. The summed E-state index contributed by atoms with van der Waals surface area (Å²) in [5.41, 5.74) is 0.998. The first-order valence-corrected chi connectivity index (χ1v) is 13.0. The number of nitrogens with zero attached hydrogens (tertiary/aromatic N) is 1. The molecule has 12 nitrogen and oxygen atoms in total. The highest BCUT2D eigenvalue weighted by molar-refractivity contribution is 5.69. The van der Waals surface area contributed by atoms with Gasteiger partial charge in [-0.25, -0.2) is 0 Å². The summed E-state index contributed by atoms with van der Waals surface area (Å²) in [5.74, 6) is 2.91. The molecule has 3 aromatic carbocycles. The van der Waals surface area contributed by atoms with E-state index in [-0.39, 0.29) is 36.8 Å². The first-order valence-electron chi connectivity index (χ1n) is 13.0. The molecule has 0 radical (unpaired) electrons. The van der Waals surface area contributed by atoms with Crippen LogP contribution in [0.4, 0.5) is 5.69 Å². The lowest BCUT2D eigenvalue weighted by Crippen LogP contribution is -2.09. The van der Waals surface area contributed by atoms with E-state index in [1.54, 1.807) is 33.5 Å². The number of nitro benzene ring substituents is 1. The molecule has 0 heterocycles. The van der Waals surface area contributed by atoms with Crippen molar-refractivity contribution in [2.75, 3.05) is 49.3 Å². The average molecular weight is 600 g/mol. The zero-order valence-electron chi connectivity index (χ0n) is 25.3. The highest BCUT2D eigenvalue weighted by atomic mass is 16.6. The van der Waals surface area contributed by atoms with Gasteiger partial charge < -0.3 is 37.9 Å². The smallest absolute Gasteiger partial charge is 0.308 e. The second-order valence-corrected chi connectivity index (χ2v) is 8.46. The molecule has 0 aliphatic rings. The number of benzene rings is 3. The minimum absolute atomic E-state index is 0.000651. The van der Waals surface area contributed by atoms with Crippen molar-refractivity contribution < 1.29 is 47.6 Å². The van der Waals surface area contributed by atoms with Crippen LogP contribution in [0.25, 0.3) is 6.08 Å². The van der Waals surface area contributed by atoms with E-state index in [4.69, 9.17) is 33.2 Å². The molecule has 0 amide bonds. The molecule has 0 bridgehead atoms. The fourth-order valence-corrected chi connectivity index (χ4v) is 3.77. The van der Waals surface area contributed by atoms with Gasteiger partial charge >= 0.3 is 5.97 Å². The predicted molar refractivity (Wildman–Crippen MR) is 160 cm³/mol. The Kier molecular flexibility index (Phi) is 14.0. The molecule has 12 heteroatoms. The number of rotatable bonds is 14. The number of carbonyl (C=O) groups excluding carboxylic acids is 1. The second-order valence-electron chi connectivity index (χ2n) is 8.46. The van der Waals surface area contributed by atoms with Gasteiger partial charge in [0.25, 0.3) is 5.69 Å². The molecule has 0 spiro atoms. The molecule has 0 unspecified atom stereocenters. The van der Waals surface area contributed by atoms with Crippen LogP contribution in [0.2, 0.25) is 0 Å². The van der Waals surface area contributed by atoms with E-state index in [2.05, 4.69) is 4.74 Å². The quantitative estimate of drug-likeness (QED) is 0.125. The highest BCUT2D eigenvalue weighted by Gasteiger charge is 2.21. The molecule has 43 heavy (non-hydrogen) atoms. The molecule has 0 atom stereocenters. The Bertz CT molecular complexity index is 1370. The van der Waals surface area contributed by atoms with E-state index < -0.39 is 10.9 Å². The summed E-state index contributed by atoms with van der Waals surface area (Å²) < 4.78 is 41.8. The van der Waals surface area contributed by atoms with Gasteiger partial charge in [0.15, 0.2) is 34.5 Å². The van der Waals surface area contributed by atoms with E-state index in [0.29, 0.717) is 34.3 Å². The van der Waals surface area contributed by atoms with Crippen molar-refractivity contribution in [3.05, 3.63) is 75.8 Å². The summed E-state index contributed by atoms with van der Waals surface area (Å²) in [6.45, 7) is 1.80. The molecule has 0 aliphatic carbocycles. The maximum Gasteiger partial charge on any atom is 0.308 e. The standard InChI is InChI=1S/C22H25NO8.C9H12O3/c1-5-6-15-7-8-18(27-2)20(11-15)31-14-16-12-19(28-3)21(13-17(16)23(25)26)30-10-9-22(24)29-4;1-10-7-5-4-6-8(11-2)9(7)12-3/h5-8,11-13H,9-10,14H2,1-4H3;4-6H,1-3H3/b6-5+;. The number of esters is 1. The third-order valence-electron chi connectivity index (χ3n) is 5.87.